The molecule has 0 fully saturated rings. The summed E-state index contributed by atoms with van der Waals surface area (Å²) in [6, 6.07) is 9.07. The zero-order chi connectivity index (χ0) is 9.73. The van der Waals surface area contributed by atoms with E-state index in [4.69, 9.17) is 0 Å². The molecular weight excluding hydrogens is 190 g/mol. The lowest BCUT2D eigenvalue weighted by Crippen LogP contribution is -1.96. The van der Waals surface area contributed by atoms with Crippen LogP contribution in [0.25, 0.3) is 0 Å². The summed E-state index contributed by atoms with van der Waals surface area (Å²) < 4.78 is 25.1. The summed E-state index contributed by atoms with van der Waals surface area (Å²) in [7, 11) is -3.49. The molecule has 0 aliphatic carbocycles. The molecule has 0 unspecified atom stereocenters. The van der Waals surface area contributed by atoms with Gasteiger partial charge in [0.1, 0.15) is 0 Å². The Balaban J connectivity index is 2.61. The quantitative estimate of drug-likeness (QED) is 0.539. The molecule has 1 rings (SSSR count). The number of hydrogen-bond acceptors (Lipinski definition) is 4. The first-order valence-electron chi connectivity index (χ1n) is 3.55. The van der Waals surface area contributed by atoms with Crippen LogP contribution in [0.2, 0.25) is 0 Å². The van der Waals surface area contributed by atoms with Crippen molar-refractivity contribution >= 4 is 16.3 Å². The Kier molecular flexibility index (Phi) is 3.02. The molecule has 0 aliphatic heterocycles. The average Bonchev–Trinajstić information content (AvgIpc) is 2.04. The van der Waals surface area contributed by atoms with E-state index in [9.17, 15) is 8.42 Å². The van der Waals surface area contributed by atoms with Gasteiger partial charge in [-0.1, -0.05) is 35.5 Å². The van der Waals surface area contributed by atoms with E-state index in [1.54, 1.807) is 12.1 Å². The summed E-state index contributed by atoms with van der Waals surface area (Å²) in [4.78, 5) is 0. The first kappa shape index (κ1) is 9.73. The van der Waals surface area contributed by atoms with Crippen molar-refractivity contribution in [2.45, 2.75) is 0 Å². The van der Waals surface area contributed by atoms with Gasteiger partial charge in [0, 0.05) is 0 Å². The summed E-state index contributed by atoms with van der Waals surface area (Å²) in [6.45, 7) is 0. The molecule has 0 radical (unpaired) electrons. The lowest BCUT2D eigenvalue weighted by atomic mass is 10.2. The molecule has 5 heteroatoms. The fraction of sp³-hybridized carbons (Fsp3) is 0.125. The van der Waals surface area contributed by atoms with Crippen LogP contribution >= 0.6 is 0 Å². The van der Waals surface area contributed by atoms with E-state index < -0.39 is 10.1 Å². The van der Waals surface area contributed by atoms with Gasteiger partial charge in [-0.15, -0.1) is 0 Å². The molecular formula is C8H9NO3S. The highest BCUT2D eigenvalue weighted by Crippen LogP contribution is 1.95. The Hall–Kier alpha value is -1.36. The van der Waals surface area contributed by atoms with Crippen molar-refractivity contribution in [3.63, 3.8) is 0 Å². The van der Waals surface area contributed by atoms with Crippen molar-refractivity contribution in [2.24, 2.45) is 5.16 Å². The van der Waals surface area contributed by atoms with Crippen LogP contribution in [0.3, 0.4) is 0 Å². The zero-order valence-electron chi connectivity index (χ0n) is 7.04. The molecule has 0 saturated carbocycles. The predicted molar refractivity (Wildman–Crippen MR) is 50.0 cm³/mol. The second-order valence-electron chi connectivity index (χ2n) is 2.42. The molecule has 0 heterocycles. The van der Waals surface area contributed by atoms with Crippen molar-refractivity contribution in [3.05, 3.63) is 35.9 Å². The van der Waals surface area contributed by atoms with Gasteiger partial charge in [-0.3, -0.25) is 4.28 Å². The Labute approximate surface area is 77.0 Å². The summed E-state index contributed by atoms with van der Waals surface area (Å²) >= 11 is 0. The number of nitrogens with zero attached hydrogens (tertiary/aromatic N) is 1. The third kappa shape index (κ3) is 4.27. The highest BCUT2D eigenvalue weighted by atomic mass is 32.2. The molecule has 0 spiro atoms. The van der Waals surface area contributed by atoms with Crippen LogP contribution in [0.5, 0.6) is 0 Å². The van der Waals surface area contributed by atoms with Crippen LogP contribution in [-0.4, -0.2) is 20.9 Å². The van der Waals surface area contributed by atoms with E-state index in [1.807, 2.05) is 18.2 Å². The minimum Gasteiger partial charge on any atom is -0.269 e. The highest BCUT2D eigenvalue weighted by Gasteiger charge is 1.97. The molecule has 4 nitrogen and oxygen atoms in total. The maximum absolute atomic E-state index is 10.5. The third-order valence-corrected chi connectivity index (χ3v) is 1.54. The van der Waals surface area contributed by atoms with Gasteiger partial charge in [0.05, 0.1) is 12.5 Å². The lowest BCUT2D eigenvalue weighted by molar-refractivity contribution is 0.345. The summed E-state index contributed by atoms with van der Waals surface area (Å²) in [5.74, 6) is 0. The molecule has 70 valence electrons. The monoisotopic (exact) mass is 199 g/mol. The first-order chi connectivity index (χ1) is 6.08. The smallest absolute Gasteiger partial charge is 0.269 e. The second kappa shape index (κ2) is 4.04. The molecule has 1 aromatic carbocycles. The molecule has 0 N–H and O–H groups in total. The van der Waals surface area contributed by atoms with Gasteiger partial charge in [0.25, 0.3) is 0 Å². The molecule has 0 saturated heterocycles. The van der Waals surface area contributed by atoms with Gasteiger partial charge in [-0.25, -0.2) is 0 Å². The van der Waals surface area contributed by atoms with Gasteiger partial charge >= 0.3 is 10.1 Å². The number of benzene rings is 1. The molecule has 1 aromatic rings. The second-order valence-corrected chi connectivity index (χ2v) is 3.98. The SMILES string of the molecule is CS(=O)(=O)ON=Cc1ccccc1. The van der Waals surface area contributed by atoms with Crippen LogP contribution in [0.1, 0.15) is 5.56 Å². The van der Waals surface area contributed by atoms with Crippen LogP contribution < -0.4 is 0 Å². The van der Waals surface area contributed by atoms with Crippen molar-refractivity contribution < 1.29 is 12.7 Å². The molecule has 0 bridgehead atoms. The molecule has 13 heavy (non-hydrogen) atoms. The Bertz CT molecular complexity index is 383. The van der Waals surface area contributed by atoms with Crippen LogP contribution in [0.15, 0.2) is 35.5 Å². The van der Waals surface area contributed by atoms with Crippen molar-refractivity contribution in [1.82, 2.24) is 0 Å². The van der Waals surface area contributed by atoms with Crippen molar-refractivity contribution in [1.29, 1.82) is 0 Å². The molecule has 0 amide bonds. The van der Waals surface area contributed by atoms with Gasteiger partial charge in [0.2, 0.25) is 0 Å². The number of rotatable bonds is 3. The van der Waals surface area contributed by atoms with Gasteiger partial charge in [-0.2, -0.15) is 8.42 Å². The number of oxime groups is 1. The van der Waals surface area contributed by atoms with E-state index in [2.05, 4.69) is 9.44 Å². The maximum Gasteiger partial charge on any atom is 0.325 e. The minimum absolute atomic E-state index is 0.783. The topological polar surface area (TPSA) is 55.7 Å². The molecule has 0 atom stereocenters. The average molecular weight is 199 g/mol. The Morgan fingerprint density at radius 3 is 2.46 bits per heavy atom. The number of hydrogen-bond donors (Lipinski definition) is 0. The summed E-state index contributed by atoms with van der Waals surface area (Å²) in [5, 5.41) is 3.30. The van der Waals surface area contributed by atoms with Crippen LogP contribution in [0.4, 0.5) is 0 Å². The standard InChI is InChI=1S/C8H9NO3S/c1-13(10,11)12-9-7-8-5-3-2-4-6-8/h2-7H,1H3. The lowest BCUT2D eigenvalue weighted by Gasteiger charge is -1.92. The fourth-order valence-corrected chi connectivity index (χ4v) is 0.899. The minimum atomic E-state index is -3.49. The zero-order valence-corrected chi connectivity index (χ0v) is 7.86. The van der Waals surface area contributed by atoms with Gasteiger partial charge in [0.15, 0.2) is 0 Å². The van der Waals surface area contributed by atoms with Crippen molar-refractivity contribution in [3.8, 4) is 0 Å². The first-order valence-corrected chi connectivity index (χ1v) is 5.36. The van der Waals surface area contributed by atoms with E-state index in [-0.39, 0.29) is 0 Å². The van der Waals surface area contributed by atoms with Gasteiger partial charge in [-0.05, 0) is 5.56 Å². The van der Waals surface area contributed by atoms with Crippen LogP contribution in [0, 0.1) is 0 Å². The maximum atomic E-state index is 10.5. The van der Waals surface area contributed by atoms with E-state index in [1.165, 1.54) is 6.21 Å². The van der Waals surface area contributed by atoms with E-state index in [0.717, 1.165) is 11.8 Å². The van der Waals surface area contributed by atoms with Gasteiger partial charge < -0.3 is 0 Å². The summed E-state index contributed by atoms with van der Waals surface area (Å²) in [6.07, 6.45) is 2.27. The van der Waals surface area contributed by atoms with E-state index in [0.29, 0.717) is 0 Å². The highest BCUT2D eigenvalue weighted by molar-refractivity contribution is 7.85. The summed E-state index contributed by atoms with van der Waals surface area (Å²) in [5.41, 5.74) is 0.783. The van der Waals surface area contributed by atoms with E-state index >= 15 is 0 Å². The third-order valence-electron chi connectivity index (χ3n) is 1.18. The van der Waals surface area contributed by atoms with Crippen LogP contribution in [-0.2, 0) is 14.4 Å². The Morgan fingerprint density at radius 1 is 1.31 bits per heavy atom. The molecule has 0 aromatic heterocycles. The normalized spacial score (nSPS) is 11.8. The fourth-order valence-electron chi connectivity index (χ4n) is 0.700. The largest absolute Gasteiger partial charge is 0.325 e. The predicted octanol–water partition coefficient (Wildman–Crippen LogP) is 0.997. The molecule has 0 aliphatic rings. The Morgan fingerprint density at radius 2 is 1.92 bits per heavy atom. The van der Waals surface area contributed by atoms with Crippen molar-refractivity contribution in [2.75, 3.05) is 6.26 Å².